The van der Waals surface area contributed by atoms with E-state index < -0.39 is 28.5 Å². The minimum Gasteiger partial charge on any atom is -0.454 e. The van der Waals surface area contributed by atoms with Gasteiger partial charge in [-0.3, -0.25) is 13.9 Å². The molecule has 9 nitrogen and oxygen atoms in total. The van der Waals surface area contributed by atoms with Crippen LogP contribution in [0.5, 0.6) is 11.5 Å². The van der Waals surface area contributed by atoms with E-state index in [9.17, 15) is 18.0 Å². The number of carbonyl (C=O) groups is 2. The average Bonchev–Trinajstić information content (AvgIpc) is 3.30. The molecule has 11 heteroatoms. The molecule has 0 fully saturated rings. The van der Waals surface area contributed by atoms with Crippen LogP contribution in [0.25, 0.3) is 0 Å². The Kier molecular flexibility index (Phi) is 9.08. The lowest BCUT2D eigenvalue weighted by Gasteiger charge is -2.33. The molecule has 2 unspecified atom stereocenters. The Morgan fingerprint density at radius 3 is 2.42 bits per heavy atom. The molecule has 0 spiro atoms. The first-order valence-corrected chi connectivity index (χ1v) is 14.0. The van der Waals surface area contributed by atoms with Gasteiger partial charge in [-0.15, -0.1) is 0 Å². The van der Waals surface area contributed by atoms with E-state index in [2.05, 4.69) is 5.32 Å². The standard InChI is InChI=1S/C25H32ClN3O6S/c1-5-17(3)27-25(31)21(6-2)28(14-18-9-7-8-10-20(18)26)24(30)15-29(36(4,32)33)19-11-12-22-23(13-19)35-16-34-22/h7-13,17,21H,5-6,14-16H2,1-4H3,(H,27,31). The number of amides is 2. The fraction of sp³-hybridized carbons (Fsp3) is 0.440. The third-order valence-corrected chi connectivity index (χ3v) is 7.52. The molecule has 0 aromatic heterocycles. The van der Waals surface area contributed by atoms with Crippen molar-refractivity contribution < 1.29 is 27.5 Å². The van der Waals surface area contributed by atoms with Crippen molar-refractivity contribution in [1.82, 2.24) is 10.2 Å². The number of halogens is 1. The molecule has 0 saturated heterocycles. The molecule has 2 aromatic rings. The smallest absolute Gasteiger partial charge is 0.244 e. The number of hydrogen-bond acceptors (Lipinski definition) is 6. The maximum absolute atomic E-state index is 13.7. The molecular weight excluding hydrogens is 506 g/mol. The van der Waals surface area contributed by atoms with Crippen LogP contribution in [-0.2, 0) is 26.2 Å². The second kappa shape index (κ2) is 11.8. The van der Waals surface area contributed by atoms with Gasteiger partial charge in [0, 0.05) is 23.7 Å². The zero-order valence-electron chi connectivity index (χ0n) is 20.9. The highest BCUT2D eigenvalue weighted by Gasteiger charge is 2.33. The van der Waals surface area contributed by atoms with Crippen LogP contribution in [0.2, 0.25) is 5.02 Å². The van der Waals surface area contributed by atoms with Gasteiger partial charge in [-0.05, 0) is 43.5 Å². The van der Waals surface area contributed by atoms with E-state index >= 15 is 0 Å². The highest BCUT2D eigenvalue weighted by Crippen LogP contribution is 2.36. The molecule has 36 heavy (non-hydrogen) atoms. The summed E-state index contributed by atoms with van der Waals surface area (Å²) in [6, 6.07) is 10.8. The van der Waals surface area contributed by atoms with E-state index in [1.54, 1.807) is 43.3 Å². The molecule has 0 radical (unpaired) electrons. The predicted molar refractivity (Wildman–Crippen MR) is 139 cm³/mol. The number of rotatable bonds is 11. The summed E-state index contributed by atoms with van der Waals surface area (Å²) in [5.74, 6) is 0.0397. The molecule has 0 bridgehead atoms. The largest absolute Gasteiger partial charge is 0.454 e. The van der Waals surface area contributed by atoms with Crippen molar-refractivity contribution in [2.24, 2.45) is 0 Å². The van der Waals surface area contributed by atoms with Crippen molar-refractivity contribution in [3.63, 3.8) is 0 Å². The Labute approximate surface area is 217 Å². The van der Waals surface area contributed by atoms with Crippen molar-refractivity contribution in [2.45, 2.75) is 52.2 Å². The molecule has 1 heterocycles. The van der Waals surface area contributed by atoms with Gasteiger partial charge in [0.25, 0.3) is 0 Å². The van der Waals surface area contributed by atoms with Gasteiger partial charge in [0.15, 0.2) is 11.5 Å². The van der Waals surface area contributed by atoms with E-state index in [-0.39, 0.29) is 31.0 Å². The van der Waals surface area contributed by atoms with Gasteiger partial charge in [0.1, 0.15) is 12.6 Å². The first-order valence-electron chi connectivity index (χ1n) is 11.8. The van der Waals surface area contributed by atoms with Crippen LogP contribution in [-0.4, -0.2) is 56.8 Å². The van der Waals surface area contributed by atoms with Crippen molar-refractivity contribution in [1.29, 1.82) is 0 Å². The van der Waals surface area contributed by atoms with Crippen molar-refractivity contribution in [3.05, 3.63) is 53.1 Å². The molecule has 0 saturated carbocycles. The van der Waals surface area contributed by atoms with E-state index in [4.69, 9.17) is 21.1 Å². The van der Waals surface area contributed by atoms with Gasteiger partial charge >= 0.3 is 0 Å². The van der Waals surface area contributed by atoms with Crippen LogP contribution >= 0.6 is 11.6 Å². The number of ether oxygens (including phenoxy) is 2. The number of hydrogen-bond donors (Lipinski definition) is 1. The number of nitrogens with one attached hydrogen (secondary N) is 1. The topological polar surface area (TPSA) is 105 Å². The van der Waals surface area contributed by atoms with Crippen LogP contribution in [0.4, 0.5) is 5.69 Å². The van der Waals surface area contributed by atoms with Crippen LogP contribution < -0.4 is 19.1 Å². The van der Waals surface area contributed by atoms with Crippen LogP contribution in [0.15, 0.2) is 42.5 Å². The Balaban J connectivity index is 1.96. The summed E-state index contributed by atoms with van der Waals surface area (Å²) in [7, 11) is -3.86. The summed E-state index contributed by atoms with van der Waals surface area (Å²) in [5, 5.41) is 3.38. The summed E-state index contributed by atoms with van der Waals surface area (Å²) >= 11 is 6.37. The van der Waals surface area contributed by atoms with E-state index in [0.29, 0.717) is 28.5 Å². The molecule has 0 aliphatic carbocycles. The normalized spacial score (nSPS) is 14.1. The predicted octanol–water partition coefficient (Wildman–Crippen LogP) is 3.56. The molecule has 3 rings (SSSR count). The average molecular weight is 538 g/mol. The number of nitrogens with zero attached hydrogens (tertiary/aromatic N) is 2. The molecule has 1 aliphatic rings. The lowest BCUT2D eigenvalue weighted by Crippen LogP contribution is -2.53. The molecule has 1 aliphatic heterocycles. The molecule has 1 N–H and O–H groups in total. The molecule has 2 atom stereocenters. The second-order valence-corrected chi connectivity index (χ2v) is 11.0. The maximum atomic E-state index is 13.7. The quantitative estimate of drug-likeness (QED) is 0.470. The Morgan fingerprint density at radius 1 is 1.08 bits per heavy atom. The Morgan fingerprint density at radius 2 is 1.78 bits per heavy atom. The lowest BCUT2D eigenvalue weighted by atomic mass is 10.1. The fourth-order valence-corrected chi connectivity index (χ4v) is 4.86. The minimum atomic E-state index is -3.86. The molecule has 196 valence electrons. The first-order chi connectivity index (χ1) is 17.0. The molecule has 2 amide bonds. The number of benzene rings is 2. The molecular formula is C25H32ClN3O6S. The van der Waals surface area contributed by atoms with Gasteiger partial charge in [-0.2, -0.15) is 0 Å². The first kappa shape index (κ1) is 27.6. The van der Waals surface area contributed by atoms with Crippen LogP contribution in [0.1, 0.15) is 39.2 Å². The van der Waals surface area contributed by atoms with Gasteiger partial charge in [0.2, 0.25) is 28.6 Å². The second-order valence-electron chi connectivity index (χ2n) is 8.66. The number of carbonyl (C=O) groups excluding carboxylic acids is 2. The fourth-order valence-electron chi connectivity index (χ4n) is 3.82. The van der Waals surface area contributed by atoms with Crippen molar-refractivity contribution in [3.8, 4) is 11.5 Å². The van der Waals surface area contributed by atoms with E-state index in [0.717, 1.165) is 17.0 Å². The van der Waals surface area contributed by atoms with E-state index in [1.807, 2.05) is 13.8 Å². The van der Waals surface area contributed by atoms with Gasteiger partial charge < -0.3 is 19.7 Å². The molecule has 2 aromatic carbocycles. The van der Waals surface area contributed by atoms with E-state index in [1.165, 1.54) is 11.0 Å². The highest BCUT2D eigenvalue weighted by atomic mass is 35.5. The summed E-state index contributed by atoms with van der Waals surface area (Å²) in [5.41, 5.74) is 0.904. The zero-order chi connectivity index (χ0) is 26.5. The Hall–Kier alpha value is -2.98. The highest BCUT2D eigenvalue weighted by molar-refractivity contribution is 7.92. The van der Waals surface area contributed by atoms with Crippen LogP contribution in [0, 0.1) is 0 Å². The number of sulfonamides is 1. The van der Waals surface area contributed by atoms with Crippen molar-refractivity contribution >= 4 is 39.1 Å². The van der Waals surface area contributed by atoms with Gasteiger partial charge in [0.05, 0.1) is 11.9 Å². The summed E-state index contributed by atoms with van der Waals surface area (Å²) < 4.78 is 37.2. The number of anilines is 1. The SMILES string of the molecule is CCC(C)NC(=O)C(CC)N(Cc1ccccc1Cl)C(=O)CN(c1ccc2c(c1)OCO2)S(C)(=O)=O. The monoisotopic (exact) mass is 537 g/mol. The summed E-state index contributed by atoms with van der Waals surface area (Å²) in [4.78, 5) is 28.3. The zero-order valence-corrected chi connectivity index (χ0v) is 22.4. The lowest BCUT2D eigenvalue weighted by molar-refractivity contribution is -0.140. The maximum Gasteiger partial charge on any atom is 0.244 e. The Bertz CT molecular complexity index is 1210. The van der Waals surface area contributed by atoms with Crippen molar-refractivity contribution in [2.75, 3.05) is 23.9 Å². The van der Waals surface area contributed by atoms with Gasteiger partial charge in [-0.1, -0.05) is 43.6 Å². The third-order valence-electron chi connectivity index (χ3n) is 6.01. The summed E-state index contributed by atoms with van der Waals surface area (Å²) in [6.45, 7) is 5.22. The number of fused-ring (bicyclic) bond motifs is 1. The minimum absolute atomic E-state index is 0.0334. The third kappa shape index (κ3) is 6.61. The van der Waals surface area contributed by atoms with Crippen LogP contribution in [0.3, 0.4) is 0 Å². The van der Waals surface area contributed by atoms with Gasteiger partial charge in [-0.25, -0.2) is 8.42 Å². The summed E-state index contributed by atoms with van der Waals surface area (Å²) in [6.07, 6.45) is 2.09.